The number of aryl methyl sites for hydroxylation is 4. The molecule has 1 atom stereocenters. The number of carbonyl (C=O) groups excluding carboxylic acids is 1. The lowest BCUT2D eigenvalue weighted by Crippen LogP contribution is -2.31. The SMILES string of the molecule is CCn1nc(C)c2c1C(=O)N(c1cc(C)c3nnc(C)n3c1)[C@@H]2c1ccc(F)cc1F.S. The van der Waals surface area contributed by atoms with Crippen molar-refractivity contribution in [3.8, 4) is 0 Å². The molecule has 5 rings (SSSR count). The van der Waals surface area contributed by atoms with E-state index in [0.29, 0.717) is 40.7 Å². The Morgan fingerprint density at radius 2 is 1.84 bits per heavy atom. The van der Waals surface area contributed by atoms with Crippen LogP contribution in [0.1, 0.15) is 51.7 Å². The van der Waals surface area contributed by atoms with E-state index < -0.39 is 17.7 Å². The summed E-state index contributed by atoms with van der Waals surface area (Å²) in [6.07, 6.45) is 1.77. The lowest BCUT2D eigenvalue weighted by molar-refractivity contribution is 0.0983. The van der Waals surface area contributed by atoms with Gasteiger partial charge in [-0.2, -0.15) is 18.6 Å². The van der Waals surface area contributed by atoms with E-state index in [1.54, 1.807) is 27.1 Å². The highest BCUT2D eigenvalue weighted by Gasteiger charge is 2.44. The summed E-state index contributed by atoms with van der Waals surface area (Å²) in [5.74, 6) is -0.992. The Morgan fingerprint density at radius 3 is 2.53 bits per heavy atom. The molecule has 4 aromatic rings. The van der Waals surface area contributed by atoms with E-state index >= 15 is 0 Å². The van der Waals surface area contributed by atoms with Crippen LogP contribution in [0.4, 0.5) is 14.5 Å². The number of aromatic nitrogens is 5. The second-order valence-electron chi connectivity index (χ2n) is 7.73. The molecule has 7 nitrogen and oxygen atoms in total. The smallest absolute Gasteiger partial charge is 0.277 e. The van der Waals surface area contributed by atoms with Crippen LogP contribution in [0.2, 0.25) is 0 Å². The van der Waals surface area contributed by atoms with Crippen molar-refractivity contribution in [2.75, 3.05) is 4.90 Å². The molecule has 0 spiro atoms. The van der Waals surface area contributed by atoms with Crippen molar-refractivity contribution in [3.05, 3.63) is 76.0 Å². The summed E-state index contributed by atoms with van der Waals surface area (Å²) in [5, 5.41) is 12.8. The average molecular weight is 457 g/mol. The van der Waals surface area contributed by atoms with Gasteiger partial charge in [0.05, 0.1) is 17.4 Å². The van der Waals surface area contributed by atoms with Crippen LogP contribution in [0.3, 0.4) is 0 Å². The second-order valence-corrected chi connectivity index (χ2v) is 7.73. The molecular weight excluding hydrogens is 434 g/mol. The van der Waals surface area contributed by atoms with Crippen molar-refractivity contribution >= 4 is 30.7 Å². The quantitative estimate of drug-likeness (QED) is 0.467. The van der Waals surface area contributed by atoms with Gasteiger partial charge in [-0.05, 0) is 45.4 Å². The second kappa shape index (κ2) is 7.70. The molecule has 32 heavy (non-hydrogen) atoms. The third-order valence-corrected chi connectivity index (χ3v) is 5.81. The highest BCUT2D eigenvalue weighted by atomic mass is 32.1. The molecule has 0 saturated heterocycles. The zero-order valence-corrected chi connectivity index (χ0v) is 19.0. The summed E-state index contributed by atoms with van der Waals surface area (Å²) in [4.78, 5) is 15.2. The maximum Gasteiger partial charge on any atom is 0.277 e. The van der Waals surface area contributed by atoms with Gasteiger partial charge in [-0.1, -0.05) is 6.07 Å². The normalized spacial score (nSPS) is 15.4. The predicted octanol–water partition coefficient (Wildman–Crippen LogP) is 4.01. The van der Waals surface area contributed by atoms with E-state index in [1.807, 2.05) is 26.8 Å². The Labute approximate surface area is 190 Å². The fourth-order valence-electron chi connectivity index (χ4n) is 4.40. The summed E-state index contributed by atoms with van der Waals surface area (Å²) < 4.78 is 32.0. The largest absolute Gasteiger partial charge is 0.294 e. The number of carbonyl (C=O) groups is 1. The van der Waals surface area contributed by atoms with Crippen molar-refractivity contribution in [1.82, 2.24) is 24.4 Å². The van der Waals surface area contributed by atoms with Gasteiger partial charge in [0.2, 0.25) is 0 Å². The summed E-state index contributed by atoms with van der Waals surface area (Å²) in [5.41, 5.74) is 4.00. The Kier molecular flexibility index (Phi) is 5.28. The highest BCUT2D eigenvalue weighted by molar-refractivity contribution is 7.59. The number of amides is 1. The number of anilines is 1. The number of benzene rings is 1. The first-order valence-electron chi connectivity index (χ1n) is 9.99. The van der Waals surface area contributed by atoms with Crippen LogP contribution < -0.4 is 4.90 Å². The molecule has 0 bridgehead atoms. The Morgan fingerprint density at radius 1 is 1.09 bits per heavy atom. The molecule has 1 aliphatic heterocycles. The van der Waals surface area contributed by atoms with E-state index in [2.05, 4.69) is 15.3 Å². The third kappa shape index (κ3) is 3.01. The molecular formula is C22H22F2N6OS. The monoisotopic (exact) mass is 456 g/mol. The van der Waals surface area contributed by atoms with E-state index in [4.69, 9.17) is 0 Å². The van der Waals surface area contributed by atoms with E-state index in [1.165, 1.54) is 12.1 Å². The number of rotatable bonds is 3. The number of halogens is 2. The van der Waals surface area contributed by atoms with Gasteiger partial charge < -0.3 is 0 Å². The molecule has 166 valence electrons. The van der Waals surface area contributed by atoms with Crippen LogP contribution in [0.5, 0.6) is 0 Å². The van der Waals surface area contributed by atoms with Crippen molar-refractivity contribution in [1.29, 1.82) is 0 Å². The maximum absolute atomic E-state index is 14.9. The number of hydrogen-bond acceptors (Lipinski definition) is 4. The summed E-state index contributed by atoms with van der Waals surface area (Å²) in [6.45, 7) is 7.89. The van der Waals surface area contributed by atoms with Gasteiger partial charge in [0, 0.05) is 29.9 Å². The minimum Gasteiger partial charge on any atom is -0.294 e. The molecule has 3 aromatic heterocycles. The first-order chi connectivity index (χ1) is 14.8. The minimum absolute atomic E-state index is 0. The average Bonchev–Trinajstić information content (AvgIpc) is 3.35. The molecule has 1 aromatic carbocycles. The van der Waals surface area contributed by atoms with Crippen LogP contribution in [-0.4, -0.2) is 30.3 Å². The Hall–Kier alpha value is -3.27. The minimum atomic E-state index is -0.767. The molecule has 0 N–H and O–H groups in total. The Balaban J connectivity index is 0.00000245. The number of hydrogen-bond donors (Lipinski definition) is 0. The van der Waals surface area contributed by atoms with Crippen molar-refractivity contribution in [2.45, 2.75) is 40.3 Å². The molecule has 4 heterocycles. The summed E-state index contributed by atoms with van der Waals surface area (Å²) >= 11 is 0. The van der Waals surface area contributed by atoms with Gasteiger partial charge in [-0.3, -0.25) is 18.8 Å². The van der Waals surface area contributed by atoms with Gasteiger partial charge in [0.15, 0.2) is 5.65 Å². The molecule has 10 heteroatoms. The molecule has 0 saturated carbocycles. The Bertz CT molecular complexity index is 1380. The molecule has 1 amide bonds. The topological polar surface area (TPSA) is 68.3 Å². The maximum atomic E-state index is 14.9. The van der Waals surface area contributed by atoms with Crippen LogP contribution in [0.25, 0.3) is 5.65 Å². The lowest BCUT2D eigenvalue weighted by Gasteiger charge is -2.27. The van der Waals surface area contributed by atoms with Crippen molar-refractivity contribution in [3.63, 3.8) is 0 Å². The van der Waals surface area contributed by atoms with Gasteiger partial charge in [-0.25, -0.2) is 8.78 Å². The number of nitrogens with zero attached hydrogens (tertiary/aromatic N) is 6. The van der Waals surface area contributed by atoms with Gasteiger partial charge in [0.25, 0.3) is 5.91 Å². The standard InChI is InChI=1S/C22H20F2N6O.H2S/c1-5-29-20-18(12(3)27-29)19(16-7-6-14(23)9-17(16)24)30(22(20)31)15-8-11(2)21-26-25-13(4)28(21)10-15;/h6-10,19H,5H2,1-4H3;1H2/t19-;/m1./s1. The van der Waals surface area contributed by atoms with Crippen LogP contribution >= 0.6 is 13.5 Å². The van der Waals surface area contributed by atoms with Gasteiger partial charge in [-0.15, -0.1) is 10.2 Å². The lowest BCUT2D eigenvalue weighted by atomic mass is 9.98. The molecule has 1 aliphatic rings. The first-order valence-corrected chi connectivity index (χ1v) is 9.99. The van der Waals surface area contributed by atoms with Crippen molar-refractivity contribution < 1.29 is 13.6 Å². The molecule has 0 radical (unpaired) electrons. The zero-order chi connectivity index (χ0) is 22.0. The van der Waals surface area contributed by atoms with Crippen LogP contribution in [-0.2, 0) is 6.54 Å². The number of fused-ring (bicyclic) bond motifs is 2. The van der Waals surface area contributed by atoms with Gasteiger partial charge >= 0.3 is 0 Å². The number of pyridine rings is 1. The fourth-order valence-corrected chi connectivity index (χ4v) is 4.40. The van der Waals surface area contributed by atoms with E-state index in [0.717, 1.165) is 11.6 Å². The van der Waals surface area contributed by atoms with Crippen LogP contribution in [0.15, 0.2) is 30.5 Å². The molecule has 0 unspecified atom stereocenters. The van der Waals surface area contributed by atoms with Crippen molar-refractivity contribution in [2.24, 2.45) is 0 Å². The highest BCUT2D eigenvalue weighted by Crippen LogP contribution is 2.44. The fraction of sp³-hybridized carbons (Fsp3) is 0.273. The molecule has 0 fully saturated rings. The van der Waals surface area contributed by atoms with Gasteiger partial charge in [0.1, 0.15) is 23.2 Å². The summed E-state index contributed by atoms with van der Waals surface area (Å²) in [7, 11) is 0. The first kappa shape index (κ1) is 21.9. The van der Waals surface area contributed by atoms with Crippen LogP contribution in [0, 0.1) is 32.4 Å². The summed E-state index contributed by atoms with van der Waals surface area (Å²) in [6, 6.07) is 4.51. The van der Waals surface area contributed by atoms with E-state index in [9.17, 15) is 13.6 Å². The zero-order valence-electron chi connectivity index (χ0n) is 18.0. The van der Waals surface area contributed by atoms with E-state index in [-0.39, 0.29) is 25.0 Å². The third-order valence-electron chi connectivity index (χ3n) is 5.81. The molecule has 0 aliphatic carbocycles. The predicted molar refractivity (Wildman–Crippen MR) is 120 cm³/mol.